The highest BCUT2D eigenvalue weighted by Gasteiger charge is 2.26. The molecule has 1 aliphatic carbocycles. The molecule has 0 radical (unpaired) electrons. The summed E-state index contributed by atoms with van der Waals surface area (Å²) in [5.74, 6) is 2.63. The van der Waals surface area contributed by atoms with Crippen LogP contribution >= 0.6 is 0 Å². The number of ether oxygens (including phenoxy) is 2. The third kappa shape index (κ3) is 3.79. The third-order valence-corrected chi connectivity index (χ3v) is 5.83. The molecule has 7 nitrogen and oxygen atoms in total. The molecule has 0 amide bonds. The van der Waals surface area contributed by atoms with Gasteiger partial charge in [-0.15, -0.1) is 0 Å². The molecule has 3 aromatic rings. The Balaban J connectivity index is 1.31. The zero-order valence-electron chi connectivity index (χ0n) is 16.7. The summed E-state index contributed by atoms with van der Waals surface area (Å²) in [5, 5.41) is 8.95. The predicted octanol–water partition coefficient (Wildman–Crippen LogP) is 4.65. The van der Waals surface area contributed by atoms with Crippen LogP contribution in [0.25, 0.3) is 11.6 Å². The Morgan fingerprint density at radius 3 is 2.76 bits per heavy atom. The monoisotopic (exact) mass is 394 g/mol. The van der Waals surface area contributed by atoms with E-state index in [1.54, 1.807) is 0 Å². The molecule has 1 aromatic carbocycles. The summed E-state index contributed by atoms with van der Waals surface area (Å²) in [5.41, 5.74) is 2.87. The van der Waals surface area contributed by atoms with E-state index in [2.05, 4.69) is 22.3 Å². The molecule has 29 heavy (non-hydrogen) atoms. The van der Waals surface area contributed by atoms with Crippen LogP contribution in [0.5, 0.6) is 5.75 Å². The highest BCUT2D eigenvalue weighted by atomic mass is 16.5. The van der Waals surface area contributed by atoms with Gasteiger partial charge in [0.05, 0.1) is 25.5 Å². The van der Waals surface area contributed by atoms with Gasteiger partial charge < -0.3 is 14.0 Å². The van der Waals surface area contributed by atoms with Crippen LogP contribution in [0, 0.1) is 0 Å². The van der Waals surface area contributed by atoms with E-state index in [1.807, 2.05) is 29.8 Å². The summed E-state index contributed by atoms with van der Waals surface area (Å²) in [6.45, 7) is 3.81. The fourth-order valence-corrected chi connectivity index (χ4v) is 4.24. The van der Waals surface area contributed by atoms with Gasteiger partial charge >= 0.3 is 0 Å². The topological polar surface area (TPSA) is 75.2 Å². The molecule has 3 heterocycles. The van der Waals surface area contributed by atoms with Crippen molar-refractivity contribution in [1.82, 2.24) is 19.9 Å². The van der Waals surface area contributed by atoms with Gasteiger partial charge in [0.15, 0.2) is 11.5 Å². The van der Waals surface area contributed by atoms with E-state index in [9.17, 15) is 0 Å². The van der Waals surface area contributed by atoms with Crippen molar-refractivity contribution in [3.05, 3.63) is 47.4 Å². The second-order valence-corrected chi connectivity index (χ2v) is 7.80. The summed E-state index contributed by atoms with van der Waals surface area (Å²) in [7, 11) is 0. The molecule has 0 saturated heterocycles. The van der Waals surface area contributed by atoms with Crippen LogP contribution in [0.4, 0.5) is 0 Å². The van der Waals surface area contributed by atoms with E-state index in [-0.39, 0.29) is 6.10 Å². The van der Waals surface area contributed by atoms with Gasteiger partial charge in [-0.05, 0) is 43.5 Å². The van der Waals surface area contributed by atoms with Gasteiger partial charge in [0.2, 0.25) is 0 Å². The van der Waals surface area contributed by atoms with Crippen molar-refractivity contribution < 1.29 is 14.0 Å². The lowest BCUT2D eigenvalue weighted by Crippen LogP contribution is -2.21. The van der Waals surface area contributed by atoms with E-state index in [4.69, 9.17) is 19.1 Å². The summed E-state index contributed by atoms with van der Waals surface area (Å²) < 4.78 is 19.1. The molecule has 1 saturated carbocycles. The van der Waals surface area contributed by atoms with Gasteiger partial charge in [-0.25, -0.2) is 0 Å². The number of hydrogen-bond acceptors (Lipinski definition) is 6. The van der Waals surface area contributed by atoms with Gasteiger partial charge in [-0.3, -0.25) is 4.68 Å². The molecule has 152 valence electrons. The van der Waals surface area contributed by atoms with Crippen LogP contribution in [0.1, 0.15) is 68.1 Å². The lowest BCUT2D eigenvalue weighted by atomic mass is 9.89. The number of hydrogen-bond donors (Lipinski definition) is 0. The van der Waals surface area contributed by atoms with Crippen molar-refractivity contribution in [2.24, 2.45) is 0 Å². The molecule has 0 N–H and O–H groups in total. The van der Waals surface area contributed by atoms with Crippen LogP contribution in [-0.2, 0) is 17.9 Å². The largest absolute Gasteiger partial charge is 0.494 e. The maximum absolute atomic E-state index is 6.07. The number of rotatable bonds is 5. The molecule has 7 heteroatoms. The van der Waals surface area contributed by atoms with Gasteiger partial charge in [-0.2, -0.15) is 10.1 Å². The predicted molar refractivity (Wildman–Crippen MR) is 106 cm³/mol. The van der Waals surface area contributed by atoms with Gasteiger partial charge in [-0.1, -0.05) is 36.6 Å². The van der Waals surface area contributed by atoms with E-state index in [0.29, 0.717) is 31.6 Å². The maximum Gasteiger partial charge on any atom is 0.278 e. The van der Waals surface area contributed by atoms with E-state index in [1.165, 1.54) is 19.3 Å². The second kappa shape index (κ2) is 7.99. The second-order valence-electron chi connectivity index (χ2n) is 7.80. The first-order chi connectivity index (χ1) is 14.3. The molecule has 1 atom stereocenters. The highest BCUT2D eigenvalue weighted by molar-refractivity contribution is 5.47. The lowest BCUT2D eigenvalue weighted by Gasteiger charge is -2.24. The van der Waals surface area contributed by atoms with E-state index in [0.717, 1.165) is 41.4 Å². The van der Waals surface area contributed by atoms with Crippen LogP contribution in [0.2, 0.25) is 0 Å². The van der Waals surface area contributed by atoms with Crippen molar-refractivity contribution in [2.75, 3.05) is 6.61 Å². The van der Waals surface area contributed by atoms with Crippen LogP contribution in [0.15, 0.2) is 34.9 Å². The van der Waals surface area contributed by atoms with Crippen molar-refractivity contribution >= 4 is 0 Å². The minimum Gasteiger partial charge on any atom is -0.494 e. The first-order valence-corrected chi connectivity index (χ1v) is 10.5. The van der Waals surface area contributed by atoms with Crippen LogP contribution in [-0.4, -0.2) is 26.5 Å². The van der Waals surface area contributed by atoms with Gasteiger partial charge in [0.1, 0.15) is 11.9 Å². The Hall–Kier alpha value is -2.67. The maximum atomic E-state index is 6.07. The normalized spacial score (nSPS) is 19.8. The molecule has 0 bridgehead atoms. The fourth-order valence-electron chi connectivity index (χ4n) is 4.24. The van der Waals surface area contributed by atoms with E-state index >= 15 is 0 Å². The third-order valence-electron chi connectivity index (χ3n) is 5.83. The summed E-state index contributed by atoms with van der Waals surface area (Å²) >= 11 is 0. The molecule has 0 unspecified atom stereocenters. The van der Waals surface area contributed by atoms with Crippen molar-refractivity contribution in [2.45, 2.75) is 64.2 Å². The Morgan fingerprint density at radius 1 is 1.14 bits per heavy atom. The average Bonchev–Trinajstić information content (AvgIpc) is 3.42. The molecule has 2 aliphatic rings. The molecule has 5 rings (SSSR count). The number of nitrogens with zero attached hydrogens (tertiary/aromatic N) is 4. The zero-order valence-corrected chi connectivity index (χ0v) is 16.7. The van der Waals surface area contributed by atoms with Crippen LogP contribution < -0.4 is 4.74 Å². The summed E-state index contributed by atoms with van der Waals surface area (Å²) in [4.78, 5) is 4.64. The molecule has 1 aliphatic heterocycles. The van der Waals surface area contributed by atoms with Gasteiger partial charge in [0.25, 0.3) is 5.89 Å². The number of aromatic nitrogens is 4. The molecule has 1 fully saturated rings. The lowest BCUT2D eigenvalue weighted by molar-refractivity contribution is -0.00115. The summed E-state index contributed by atoms with van der Waals surface area (Å²) in [6, 6.07) is 10.1. The quantitative estimate of drug-likeness (QED) is 0.627. The smallest absolute Gasteiger partial charge is 0.278 e. The summed E-state index contributed by atoms with van der Waals surface area (Å²) in [6.07, 6.45) is 6.07. The molecular weight excluding hydrogens is 368 g/mol. The highest BCUT2D eigenvalue weighted by Crippen LogP contribution is 2.33. The Bertz CT molecular complexity index is 957. The number of fused-ring (bicyclic) bond motifs is 1. The minimum absolute atomic E-state index is 0.0357. The molecular formula is C22H26N4O3. The van der Waals surface area contributed by atoms with E-state index < -0.39 is 0 Å². The Kier molecular flexibility index (Phi) is 5.06. The van der Waals surface area contributed by atoms with Crippen molar-refractivity contribution in [1.29, 1.82) is 0 Å². The molecule has 2 aromatic heterocycles. The first-order valence-electron chi connectivity index (χ1n) is 10.5. The fraction of sp³-hybridized carbons (Fsp3) is 0.500. The van der Waals surface area contributed by atoms with Crippen LogP contribution in [0.3, 0.4) is 0 Å². The van der Waals surface area contributed by atoms with Crippen molar-refractivity contribution in [3.63, 3.8) is 0 Å². The Morgan fingerprint density at radius 2 is 1.97 bits per heavy atom. The Labute approximate surface area is 170 Å². The average molecular weight is 394 g/mol. The standard InChI is InChI=1S/C22H26N4O3/c1-2-27-18-10-8-15(9-11-18)20-13-26-17(14-28-20)12-19(24-26)22-23-21(25-29-22)16-6-4-3-5-7-16/h8-12,16,20H,2-7,13-14H2,1H3/t20-/m0/s1. The molecule has 0 spiro atoms. The first kappa shape index (κ1) is 18.4. The van der Waals surface area contributed by atoms with Gasteiger partial charge in [0, 0.05) is 5.92 Å². The number of benzene rings is 1. The van der Waals surface area contributed by atoms with Crippen molar-refractivity contribution in [3.8, 4) is 17.3 Å². The zero-order chi connectivity index (χ0) is 19.6. The minimum atomic E-state index is -0.0357. The SMILES string of the molecule is CCOc1ccc([C@@H]2Cn3nc(-c4nc(C5CCCCC5)no4)cc3CO2)cc1.